The second-order valence-electron chi connectivity index (χ2n) is 4.52. The van der Waals surface area contributed by atoms with Crippen LogP contribution in [0.1, 0.15) is 24.9 Å². The van der Waals surface area contributed by atoms with Gasteiger partial charge in [-0.25, -0.2) is 0 Å². The fraction of sp³-hybridized carbons (Fsp3) is 0.312. The van der Waals surface area contributed by atoms with Crippen LogP contribution in [0, 0.1) is 17.2 Å². The lowest BCUT2D eigenvalue weighted by molar-refractivity contribution is 0.449. The Hall–Kier alpha value is -1.85. The topological polar surface area (TPSA) is 35.8 Å². The number of hydrogen-bond acceptors (Lipinski definition) is 2. The van der Waals surface area contributed by atoms with Gasteiger partial charge in [-0.1, -0.05) is 43.3 Å². The van der Waals surface area contributed by atoms with Crippen LogP contribution in [0.2, 0.25) is 0 Å². The third kappa shape index (κ3) is 2.37. The van der Waals surface area contributed by atoms with Crippen molar-refractivity contribution in [2.45, 2.75) is 19.4 Å². The molecule has 2 aromatic carbocycles. The first-order chi connectivity index (χ1) is 8.80. The first kappa shape index (κ1) is 12.6. The zero-order valence-corrected chi connectivity index (χ0v) is 10.9. The lowest BCUT2D eigenvalue weighted by Crippen LogP contribution is -2.23. The molecular weight excluding hydrogens is 220 g/mol. The Labute approximate surface area is 108 Å². The van der Waals surface area contributed by atoms with Crippen LogP contribution >= 0.6 is 0 Å². The molecule has 0 bridgehead atoms. The SMILES string of the molecule is CCC(C#N)C(NC)c1ccc2ccccc2c1. The molecule has 2 atom stereocenters. The maximum atomic E-state index is 9.21. The molecule has 0 spiro atoms. The number of nitrogens with zero attached hydrogens (tertiary/aromatic N) is 1. The van der Waals surface area contributed by atoms with Crippen LogP contribution in [0.25, 0.3) is 10.8 Å². The van der Waals surface area contributed by atoms with Crippen molar-refractivity contribution in [3.8, 4) is 6.07 Å². The summed E-state index contributed by atoms with van der Waals surface area (Å²) >= 11 is 0. The zero-order chi connectivity index (χ0) is 13.0. The molecule has 0 heterocycles. The number of nitrogens with one attached hydrogen (secondary N) is 1. The average molecular weight is 238 g/mol. The monoisotopic (exact) mass is 238 g/mol. The van der Waals surface area contributed by atoms with E-state index in [1.165, 1.54) is 16.3 Å². The normalized spacial score (nSPS) is 14.1. The van der Waals surface area contributed by atoms with E-state index < -0.39 is 0 Å². The van der Waals surface area contributed by atoms with E-state index in [1.54, 1.807) is 0 Å². The van der Waals surface area contributed by atoms with Crippen molar-refractivity contribution in [3.63, 3.8) is 0 Å². The summed E-state index contributed by atoms with van der Waals surface area (Å²) in [5.41, 5.74) is 1.18. The van der Waals surface area contributed by atoms with Crippen LogP contribution in [0.5, 0.6) is 0 Å². The Kier molecular flexibility index (Phi) is 3.96. The van der Waals surface area contributed by atoms with E-state index >= 15 is 0 Å². The molecular formula is C16H18N2. The van der Waals surface area contributed by atoms with Crippen LogP contribution in [-0.4, -0.2) is 7.05 Å². The van der Waals surface area contributed by atoms with Gasteiger partial charge >= 0.3 is 0 Å². The molecule has 18 heavy (non-hydrogen) atoms. The van der Waals surface area contributed by atoms with Crippen molar-refractivity contribution in [2.75, 3.05) is 7.05 Å². The van der Waals surface area contributed by atoms with Crippen molar-refractivity contribution in [3.05, 3.63) is 48.0 Å². The molecule has 2 aromatic rings. The van der Waals surface area contributed by atoms with Gasteiger partial charge in [0.05, 0.1) is 12.0 Å². The second kappa shape index (κ2) is 5.66. The van der Waals surface area contributed by atoms with Gasteiger partial charge in [-0.3, -0.25) is 0 Å². The maximum absolute atomic E-state index is 9.21. The highest BCUT2D eigenvalue weighted by Gasteiger charge is 2.19. The lowest BCUT2D eigenvalue weighted by atomic mass is 9.91. The molecule has 0 saturated heterocycles. The van der Waals surface area contributed by atoms with Crippen molar-refractivity contribution >= 4 is 10.8 Å². The van der Waals surface area contributed by atoms with Gasteiger partial charge in [-0.2, -0.15) is 5.26 Å². The second-order valence-corrected chi connectivity index (χ2v) is 4.52. The van der Waals surface area contributed by atoms with E-state index in [0.29, 0.717) is 0 Å². The van der Waals surface area contributed by atoms with Crippen molar-refractivity contribution in [1.82, 2.24) is 5.32 Å². The number of benzene rings is 2. The van der Waals surface area contributed by atoms with Crippen molar-refractivity contribution in [1.29, 1.82) is 5.26 Å². The molecule has 0 aliphatic carbocycles. The predicted molar refractivity (Wildman–Crippen MR) is 75.1 cm³/mol. The maximum Gasteiger partial charge on any atom is 0.0675 e. The lowest BCUT2D eigenvalue weighted by Gasteiger charge is -2.21. The standard InChI is InChI=1S/C16H18N2/c1-3-12(11-17)16(18-2)15-9-8-13-6-4-5-7-14(13)10-15/h4-10,12,16,18H,3H2,1-2H3. The minimum Gasteiger partial charge on any atom is -0.312 e. The Morgan fingerprint density at radius 3 is 2.50 bits per heavy atom. The third-order valence-corrected chi connectivity index (χ3v) is 3.45. The fourth-order valence-corrected chi connectivity index (χ4v) is 2.40. The summed E-state index contributed by atoms with van der Waals surface area (Å²) in [6.07, 6.45) is 0.856. The number of nitriles is 1. The summed E-state index contributed by atoms with van der Waals surface area (Å²) in [4.78, 5) is 0. The minimum atomic E-state index is 0.0103. The first-order valence-electron chi connectivity index (χ1n) is 6.35. The van der Waals surface area contributed by atoms with Crippen LogP contribution in [-0.2, 0) is 0 Å². The molecule has 2 unspecified atom stereocenters. The number of rotatable bonds is 4. The fourth-order valence-electron chi connectivity index (χ4n) is 2.40. The molecule has 0 amide bonds. The van der Waals surface area contributed by atoms with E-state index in [1.807, 2.05) is 19.2 Å². The van der Waals surface area contributed by atoms with Crippen LogP contribution < -0.4 is 5.32 Å². The summed E-state index contributed by atoms with van der Waals surface area (Å²) < 4.78 is 0. The average Bonchev–Trinajstić information content (AvgIpc) is 2.44. The summed E-state index contributed by atoms with van der Waals surface area (Å²) in [7, 11) is 1.92. The largest absolute Gasteiger partial charge is 0.312 e. The quantitative estimate of drug-likeness (QED) is 0.882. The van der Waals surface area contributed by atoms with E-state index in [4.69, 9.17) is 0 Å². The summed E-state index contributed by atoms with van der Waals surface area (Å²) in [6.45, 7) is 2.05. The van der Waals surface area contributed by atoms with Gasteiger partial charge < -0.3 is 5.32 Å². The molecule has 0 aliphatic rings. The van der Waals surface area contributed by atoms with Gasteiger partial charge in [0.15, 0.2) is 0 Å². The molecule has 0 saturated carbocycles. The number of hydrogen-bond donors (Lipinski definition) is 1. The Morgan fingerprint density at radius 2 is 1.89 bits per heavy atom. The van der Waals surface area contributed by atoms with Gasteiger partial charge in [0, 0.05) is 6.04 Å². The highest BCUT2D eigenvalue weighted by molar-refractivity contribution is 5.83. The van der Waals surface area contributed by atoms with Crippen molar-refractivity contribution < 1.29 is 0 Å². The van der Waals surface area contributed by atoms with Gasteiger partial charge in [-0.15, -0.1) is 0 Å². The number of fused-ring (bicyclic) bond motifs is 1. The Morgan fingerprint density at radius 1 is 1.17 bits per heavy atom. The van der Waals surface area contributed by atoms with Gasteiger partial charge in [0.1, 0.15) is 0 Å². The summed E-state index contributed by atoms with van der Waals surface area (Å²) in [6, 6.07) is 17.2. The van der Waals surface area contributed by atoms with Gasteiger partial charge in [-0.05, 0) is 35.9 Å². The van der Waals surface area contributed by atoms with E-state index in [-0.39, 0.29) is 12.0 Å². The summed E-state index contributed by atoms with van der Waals surface area (Å²) in [5.74, 6) is 0.0103. The molecule has 2 nitrogen and oxygen atoms in total. The van der Waals surface area contributed by atoms with E-state index in [0.717, 1.165) is 6.42 Å². The van der Waals surface area contributed by atoms with Crippen molar-refractivity contribution in [2.24, 2.45) is 5.92 Å². The van der Waals surface area contributed by atoms with Gasteiger partial charge in [0.25, 0.3) is 0 Å². The zero-order valence-electron chi connectivity index (χ0n) is 10.9. The molecule has 0 fully saturated rings. The molecule has 1 N–H and O–H groups in total. The molecule has 92 valence electrons. The molecule has 2 heteroatoms. The van der Waals surface area contributed by atoms with Crippen LogP contribution in [0.3, 0.4) is 0 Å². The smallest absolute Gasteiger partial charge is 0.0675 e. The highest BCUT2D eigenvalue weighted by Crippen LogP contribution is 2.26. The molecule has 0 aliphatic heterocycles. The highest BCUT2D eigenvalue weighted by atomic mass is 14.9. The summed E-state index contributed by atoms with van der Waals surface area (Å²) in [5, 5.41) is 14.9. The molecule has 2 rings (SSSR count). The molecule has 0 radical (unpaired) electrons. The Balaban J connectivity index is 2.43. The van der Waals surface area contributed by atoms with Crippen LogP contribution in [0.4, 0.5) is 0 Å². The predicted octanol–water partition coefficient (Wildman–Crippen LogP) is 3.65. The van der Waals surface area contributed by atoms with Crippen LogP contribution in [0.15, 0.2) is 42.5 Å². The third-order valence-electron chi connectivity index (χ3n) is 3.45. The van der Waals surface area contributed by atoms with E-state index in [9.17, 15) is 5.26 Å². The Bertz CT molecular complexity index is 569. The first-order valence-corrected chi connectivity index (χ1v) is 6.35. The van der Waals surface area contributed by atoms with Gasteiger partial charge in [0.2, 0.25) is 0 Å². The van der Waals surface area contributed by atoms with E-state index in [2.05, 4.69) is 48.6 Å². The molecule has 0 aromatic heterocycles. The minimum absolute atomic E-state index is 0.0103.